The molecule has 6 nitrogen and oxygen atoms in total. The minimum absolute atomic E-state index is 0.0266. The van der Waals surface area contributed by atoms with Crippen molar-refractivity contribution in [3.8, 4) is 5.88 Å². The lowest BCUT2D eigenvalue weighted by atomic mass is 10.1. The maximum atomic E-state index is 12.5. The second-order valence-corrected chi connectivity index (χ2v) is 5.98. The van der Waals surface area contributed by atoms with E-state index in [0.29, 0.717) is 18.0 Å². The van der Waals surface area contributed by atoms with E-state index >= 15 is 0 Å². The van der Waals surface area contributed by atoms with Gasteiger partial charge in [-0.15, -0.1) is 0 Å². The molecule has 1 atom stereocenters. The summed E-state index contributed by atoms with van der Waals surface area (Å²) in [5.41, 5.74) is 0.578. The van der Waals surface area contributed by atoms with E-state index in [9.17, 15) is 4.79 Å². The first-order valence-electron chi connectivity index (χ1n) is 7.05. The van der Waals surface area contributed by atoms with Crippen molar-refractivity contribution < 1.29 is 9.53 Å². The largest absolute Gasteiger partial charge is 0.471 e. The van der Waals surface area contributed by atoms with Crippen molar-refractivity contribution in [2.75, 3.05) is 13.1 Å². The molecule has 0 aromatic carbocycles. The number of nitrogens with zero attached hydrogens (tertiary/aromatic N) is 4. The van der Waals surface area contributed by atoms with Crippen LogP contribution < -0.4 is 4.74 Å². The second-order valence-electron chi connectivity index (χ2n) is 5.07. The highest BCUT2D eigenvalue weighted by Gasteiger charge is 2.26. The maximum Gasteiger partial charge on any atom is 0.255 e. The zero-order valence-corrected chi connectivity index (χ0v) is 13.4. The Kier molecular flexibility index (Phi) is 4.62. The highest BCUT2D eigenvalue weighted by Crippen LogP contribution is 2.19. The average molecular weight is 363 g/mol. The fraction of sp³-hybridized carbons (Fsp3) is 0.333. The number of halogens is 1. The van der Waals surface area contributed by atoms with Crippen LogP contribution in [0.4, 0.5) is 0 Å². The van der Waals surface area contributed by atoms with Crippen LogP contribution >= 0.6 is 15.9 Å². The number of rotatable bonds is 3. The van der Waals surface area contributed by atoms with Gasteiger partial charge in [-0.3, -0.25) is 14.8 Å². The van der Waals surface area contributed by atoms with E-state index in [1.54, 1.807) is 42.0 Å². The molecule has 1 saturated heterocycles. The summed E-state index contributed by atoms with van der Waals surface area (Å²) >= 11 is 3.34. The molecule has 0 spiro atoms. The molecule has 0 aliphatic carbocycles. The number of ether oxygens (including phenoxy) is 1. The highest BCUT2D eigenvalue weighted by molar-refractivity contribution is 9.10. The van der Waals surface area contributed by atoms with Gasteiger partial charge in [0.2, 0.25) is 5.88 Å². The van der Waals surface area contributed by atoms with Gasteiger partial charge in [-0.1, -0.05) is 0 Å². The van der Waals surface area contributed by atoms with Crippen LogP contribution in [0.15, 0.2) is 41.5 Å². The van der Waals surface area contributed by atoms with Crippen molar-refractivity contribution >= 4 is 21.8 Å². The Hall–Kier alpha value is -2.02. The molecule has 0 radical (unpaired) electrons. The third-order valence-corrected chi connectivity index (χ3v) is 3.88. The lowest BCUT2D eigenvalue weighted by Gasteiger charge is -2.32. The molecule has 0 N–H and O–H groups in total. The van der Waals surface area contributed by atoms with Crippen molar-refractivity contribution in [2.45, 2.75) is 18.9 Å². The summed E-state index contributed by atoms with van der Waals surface area (Å²) in [6.45, 7) is 1.27. The number of piperidine rings is 1. The predicted molar refractivity (Wildman–Crippen MR) is 83.5 cm³/mol. The minimum Gasteiger partial charge on any atom is -0.471 e. The van der Waals surface area contributed by atoms with Gasteiger partial charge in [0.15, 0.2) is 0 Å². The molecule has 0 saturated carbocycles. The van der Waals surface area contributed by atoms with Crippen LogP contribution in [0.5, 0.6) is 5.88 Å². The normalized spacial score (nSPS) is 18.0. The van der Waals surface area contributed by atoms with E-state index in [1.807, 2.05) is 0 Å². The Bertz CT molecular complexity index is 653. The number of amides is 1. The van der Waals surface area contributed by atoms with Crippen molar-refractivity contribution in [2.24, 2.45) is 0 Å². The lowest BCUT2D eigenvalue weighted by Crippen LogP contribution is -2.44. The van der Waals surface area contributed by atoms with Gasteiger partial charge in [-0.25, -0.2) is 4.98 Å². The van der Waals surface area contributed by atoms with Gasteiger partial charge >= 0.3 is 0 Å². The first-order valence-corrected chi connectivity index (χ1v) is 7.84. The van der Waals surface area contributed by atoms with Gasteiger partial charge in [0.1, 0.15) is 6.10 Å². The minimum atomic E-state index is -0.0606. The molecule has 1 aliphatic rings. The molecular formula is C15H15BrN4O2. The SMILES string of the molecule is O=C(c1cncc(Br)c1)N1CCCC(Oc2cnccn2)C1. The summed E-state index contributed by atoms with van der Waals surface area (Å²) in [6.07, 6.45) is 9.76. The molecule has 1 unspecified atom stereocenters. The van der Waals surface area contributed by atoms with E-state index in [2.05, 4.69) is 30.9 Å². The van der Waals surface area contributed by atoms with Crippen LogP contribution in [0, 0.1) is 0 Å². The number of likely N-dealkylation sites (tertiary alicyclic amines) is 1. The number of hydrogen-bond donors (Lipinski definition) is 0. The number of carbonyl (C=O) groups excluding carboxylic acids is 1. The van der Waals surface area contributed by atoms with Gasteiger partial charge in [0.25, 0.3) is 5.91 Å². The van der Waals surface area contributed by atoms with E-state index < -0.39 is 0 Å². The topological polar surface area (TPSA) is 68.2 Å². The molecule has 2 aromatic rings. The molecule has 2 aromatic heterocycles. The zero-order chi connectivity index (χ0) is 15.4. The summed E-state index contributed by atoms with van der Waals surface area (Å²) in [5.74, 6) is 0.465. The summed E-state index contributed by atoms with van der Waals surface area (Å²) in [5, 5.41) is 0. The highest BCUT2D eigenvalue weighted by atomic mass is 79.9. The van der Waals surface area contributed by atoms with Crippen molar-refractivity contribution in [3.63, 3.8) is 0 Å². The predicted octanol–water partition coefficient (Wildman–Crippen LogP) is 2.32. The smallest absolute Gasteiger partial charge is 0.255 e. The zero-order valence-electron chi connectivity index (χ0n) is 11.9. The standard InChI is InChI=1S/C15H15BrN4O2/c16-12-6-11(7-18-8-12)15(21)20-5-1-2-13(10-20)22-14-9-17-3-4-19-14/h3-4,6-9,13H,1-2,5,10H2. The number of carbonyl (C=O) groups is 1. The van der Waals surface area contributed by atoms with Crippen LogP contribution in [0.3, 0.4) is 0 Å². The third kappa shape index (κ3) is 3.59. The molecule has 114 valence electrons. The molecule has 3 rings (SSSR count). The van der Waals surface area contributed by atoms with Crippen molar-refractivity contribution in [3.05, 3.63) is 47.1 Å². The molecule has 7 heteroatoms. The molecule has 1 aliphatic heterocycles. The van der Waals surface area contributed by atoms with E-state index in [0.717, 1.165) is 23.9 Å². The third-order valence-electron chi connectivity index (χ3n) is 3.44. The van der Waals surface area contributed by atoms with Gasteiger partial charge in [-0.2, -0.15) is 0 Å². The van der Waals surface area contributed by atoms with E-state index in [1.165, 1.54) is 0 Å². The van der Waals surface area contributed by atoms with Crippen molar-refractivity contribution in [1.29, 1.82) is 0 Å². The van der Waals surface area contributed by atoms with Crippen LogP contribution in [0.1, 0.15) is 23.2 Å². The molecule has 1 fully saturated rings. The monoisotopic (exact) mass is 362 g/mol. The second kappa shape index (κ2) is 6.83. The van der Waals surface area contributed by atoms with E-state index in [4.69, 9.17) is 4.74 Å². The van der Waals surface area contributed by atoms with Crippen LogP contribution in [-0.4, -0.2) is 45.0 Å². The number of hydrogen-bond acceptors (Lipinski definition) is 5. The first-order chi connectivity index (χ1) is 10.7. The van der Waals surface area contributed by atoms with Crippen LogP contribution in [0.25, 0.3) is 0 Å². The van der Waals surface area contributed by atoms with Crippen molar-refractivity contribution in [1.82, 2.24) is 19.9 Å². The molecule has 3 heterocycles. The summed E-state index contributed by atoms with van der Waals surface area (Å²) in [6, 6.07) is 1.78. The van der Waals surface area contributed by atoms with Crippen LogP contribution in [0.2, 0.25) is 0 Å². The Morgan fingerprint density at radius 2 is 2.18 bits per heavy atom. The Morgan fingerprint density at radius 3 is 2.95 bits per heavy atom. The fourth-order valence-corrected chi connectivity index (χ4v) is 2.81. The summed E-state index contributed by atoms with van der Waals surface area (Å²) in [4.78, 5) is 26.5. The average Bonchev–Trinajstić information content (AvgIpc) is 2.55. The summed E-state index contributed by atoms with van der Waals surface area (Å²) < 4.78 is 6.60. The van der Waals surface area contributed by atoms with Crippen LogP contribution in [-0.2, 0) is 0 Å². The maximum absolute atomic E-state index is 12.5. The van der Waals surface area contributed by atoms with Gasteiger partial charge in [-0.05, 0) is 34.8 Å². The molecular weight excluding hydrogens is 348 g/mol. The van der Waals surface area contributed by atoms with Gasteiger partial charge in [0, 0.05) is 35.8 Å². The first kappa shape index (κ1) is 14.9. The van der Waals surface area contributed by atoms with E-state index in [-0.39, 0.29) is 12.0 Å². The van der Waals surface area contributed by atoms with Gasteiger partial charge in [0.05, 0.1) is 18.3 Å². The Balaban J connectivity index is 1.66. The quantitative estimate of drug-likeness (QED) is 0.837. The van der Waals surface area contributed by atoms with Gasteiger partial charge < -0.3 is 9.64 Å². The molecule has 0 bridgehead atoms. The summed E-state index contributed by atoms with van der Waals surface area (Å²) in [7, 11) is 0. The Morgan fingerprint density at radius 1 is 1.27 bits per heavy atom. The fourth-order valence-electron chi connectivity index (χ4n) is 2.45. The lowest BCUT2D eigenvalue weighted by molar-refractivity contribution is 0.0526. The number of pyridine rings is 1. The molecule has 1 amide bonds. The number of aromatic nitrogens is 3. The Labute approximate surface area is 136 Å². The molecule has 22 heavy (non-hydrogen) atoms.